The van der Waals surface area contributed by atoms with E-state index in [9.17, 15) is 4.79 Å². The zero-order valence-electron chi connectivity index (χ0n) is 10.4. The lowest BCUT2D eigenvalue weighted by atomic mass is 9.95. The maximum Gasteiger partial charge on any atom is 0.316 e. The third kappa shape index (κ3) is 2.78. The summed E-state index contributed by atoms with van der Waals surface area (Å²) in [5, 5.41) is 0. The molecule has 1 aromatic rings. The minimum atomic E-state index is -0.386. The van der Waals surface area contributed by atoms with Crippen molar-refractivity contribution in [3.63, 3.8) is 0 Å². The van der Waals surface area contributed by atoms with Crippen molar-refractivity contribution in [3.8, 4) is 0 Å². The third-order valence-corrected chi connectivity index (χ3v) is 2.40. The third-order valence-electron chi connectivity index (χ3n) is 2.40. The molecular formula is C12H18N2O2. The molecule has 4 nitrogen and oxygen atoms in total. The number of aryl methyl sites for hydroxylation is 2. The summed E-state index contributed by atoms with van der Waals surface area (Å²) in [6.45, 7) is 7.71. The van der Waals surface area contributed by atoms with Crippen LogP contribution in [-0.4, -0.2) is 23.0 Å². The second-order valence-corrected chi connectivity index (χ2v) is 4.25. The average Bonchev–Trinajstić information content (AvgIpc) is 2.15. The lowest BCUT2D eigenvalue weighted by Crippen LogP contribution is -2.22. The average molecular weight is 222 g/mol. The van der Waals surface area contributed by atoms with Crippen molar-refractivity contribution >= 4 is 5.97 Å². The van der Waals surface area contributed by atoms with Crippen molar-refractivity contribution in [2.24, 2.45) is 5.92 Å². The van der Waals surface area contributed by atoms with Gasteiger partial charge in [0.05, 0.1) is 7.11 Å². The summed E-state index contributed by atoms with van der Waals surface area (Å²) >= 11 is 0. The highest BCUT2D eigenvalue weighted by molar-refractivity contribution is 5.77. The Morgan fingerprint density at radius 1 is 1.25 bits per heavy atom. The van der Waals surface area contributed by atoms with Crippen LogP contribution in [0.2, 0.25) is 0 Å². The highest BCUT2D eigenvalue weighted by Gasteiger charge is 2.28. The largest absolute Gasteiger partial charge is 0.468 e. The molecule has 0 bridgehead atoms. The van der Waals surface area contributed by atoms with Gasteiger partial charge in [0.15, 0.2) is 0 Å². The summed E-state index contributed by atoms with van der Waals surface area (Å²) in [4.78, 5) is 20.3. The van der Waals surface area contributed by atoms with Crippen molar-refractivity contribution < 1.29 is 9.53 Å². The highest BCUT2D eigenvalue weighted by Crippen LogP contribution is 2.23. The summed E-state index contributed by atoms with van der Waals surface area (Å²) in [6, 6.07) is 1.89. The predicted molar refractivity (Wildman–Crippen MR) is 61.1 cm³/mol. The van der Waals surface area contributed by atoms with E-state index in [0.717, 1.165) is 11.4 Å². The first-order chi connectivity index (χ1) is 7.45. The molecule has 1 atom stereocenters. The van der Waals surface area contributed by atoms with Gasteiger partial charge in [0, 0.05) is 11.4 Å². The molecular weight excluding hydrogens is 204 g/mol. The number of aromatic nitrogens is 2. The van der Waals surface area contributed by atoms with Gasteiger partial charge in [-0.25, -0.2) is 9.97 Å². The Kier molecular flexibility index (Phi) is 3.99. The van der Waals surface area contributed by atoms with Gasteiger partial charge in [-0.3, -0.25) is 4.79 Å². The fourth-order valence-electron chi connectivity index (χ4n) is 1.69. The van der Waals surface area contributed by atoms with Crippen molar-refractivity contribution in [1.29, 1.82) is 0 Å². The first-order valence-corrected chi connectivity index (χ1v) is 5.35. The van der Waals surface area contributed by atoms with Gasteiger partial charge in [-0.2, -0.15) is 0 Å². The highest BCUT2D eigenvalue weighted by atomic mass is 16.5. The molecule has 1 rings (SSSR count). The lowest BCUT2D eigenvalue weighted by Gasteiger charge is -2.17. The number of ether oxygens (including phenoxy) is 1. The van der Waals surface area contributed by atoms with Crippen molar-refractivity contribution in [2.45, 2.75) is 33.6 Å². The molecule has 1 unspecified atom stereocenters. The van der Waals surface area contributed by atoms with Gasteiger partial charge >= 0.3 is 5.97 Å². The van der Waals surface area contributed by atoms with Gasteiger partial charge in [-0.15, -0.1) is 0 Å². The van der Waals surface area contributed by atoms with E-state index in [-0.39, 0.29) is 17.8 Å². The minimum Gasteiger partial charge on any atom is -0.468 e. The quantitative estimate of drug-likeness (QED) is 0.734. The molecule has 0 aromatic carbocycles. The second-order valence-electron chi connectivity index (χ2n) is 4.25. The van der Waals surface area contributed by atoms with Crippen LogP contribution in [0, 0.1) is 19.8 Å². The van der Waals surface area contributed by atoms with E-state index in [4.69, 9.17) is 4.74 Å². The summed E-state index contributed by atoms with van der Waals surface area (Å²) in [5.74, 6) is 0.0107. The Morgan fingerprint density at radius 3 is 2.12 bits per heavy atom. The predicted octanol–water partition coefficient (Wildman–Crippen LogP) is 2.01. The molecule has 0 aliphatic rings. The van der Waals surface area contributed by atoms with E-state index in [1.807, 2.05) is 33.8 Å². The number of rotatable bonds is 3. The molecule has 0 aliphatic heterocycles. The Bertz CT molecular complexity index is 368. The number of methoxy groups -OCH3 is 1. The van der Waals surface area contributed by atoms with Gasteiger partial charge < -0.3 is 4.74 Å². The van der Waals surface area contributed by atoms with Gasteiger partial charge in [-0.1, -0.05) is 13.8 Å². The number of carbonyl (C=O) groups excluding carboxylic acids is 1. The Labute approximate surface area is 96.1 Å². The zero-order valence-corrected chi connectivity index (χ0v) is 10.4. The van der Waals surface area contributed by atoms with Gasteiger partial charge in [0.1, 0.15) is 11.7 Å². The molecule has 0 spiro atoms. The maximum absolute atomic E-state index is 11.7. The van der Waals surface area contributed by atoms with E-state index < -0.39 is 0 Å². The lowest BCUT2D eigenvalue weighted by molar-refractivity contribution is -0.143. The molecule has 16 heavy (non-hydrogen) atoms. The number of hydrogen-bond donors (Lipinski definition) is 0. The molecule has 0 saturated heterocycles. The molecule has 0 saturated carbocycles. The molecule has 4 heteroatoms. The van der Waals surface area contributed by atoms with Crippen LogP contribution in [0.15, 0.2) is 6.07 Å². The number of esters is 1. The van der Waals surface area contributed by atoms with E-state index in [1.165, 1.54) is 7.11 Å². The molecule has 88 valence electrons. The van der Waals surface area contributed by atoms with E-state index >= 15 is 0 Å². The van der Waals surface area contributed by atoms with Crippen LogP contribution < -0.4 is 0 Å². The van der Waals surface area contributed by atoms with E-state index in [2.05, 4.69) is 9.97 Å². The number of hydrogen-bond acceptors (Lipinski definition) is 4. The van der Waals surface area contributed by atoms with Crippen molar-refractivity contribution in [2.75, 3.05) is 7.11 Å². The molecule has 0 aliphatic carbocycles. The molecule has 0 fully saturated rings. The zero-order chi connectivity index (χ0) is 12.3. The Morgan fingerprint density at radius 2 is 1.75 bits per heavy atom. The van der Waals surface area contributed by atoms with Crippen LogP contribution in [0.3, 0.4) is 0 Å². The van der Waals surface area contributed by atoms with Gasteiger partial charge in [-0.05, 0) is 25.8 Å². The Hall–Kier alpha value is -1.45. The first-order valence-electron chi connectivity index (χ1n) is 5.35. The fourth-order valence-corrected chi connectivity index (χ4v) is 1.69. The SMILES string of the molecule is COC(=O)C(c1nc(C)cc(C)n1)C(C)C. The van der Waals surface area contributed by atoms with Crippen LogP contribution in [0.1, 0.15) is 37.0 Å². The van der Waals surface area contributed by atoms with Crippen LogP contribution in [0.4, 0.5) is 0 Å². The topological polar surface area (TPSA) is 52.1 Å². The number of nitrogens with zero attached hydrogens (tertiary/aromatic N) is 2. The molecule has 1 aromatic heterocycles. The smallest absolute Gasteiger partial charge is 0.316 e. The molecule has 0 N–H and O–H groups in total. The molecule has 1 heterocycles. The maximum atomic E-state index is 11.7. The normalized spacial score (nSPS) is 12.6. The van der Waals surface area contributed by atoms with Crippen molar-refractivity contribution in [1.82, 2.24) is 9.97 Å². The van der Waals surface area contributed by atoms with Gasteiger partial charge in [0.2, 0.25) is 0 Å². The van der Waals surface area contributed by atoms with Crippen LogP contribution in [-0.2, 0) is 9.53 Å². The van der Waals surface area contributed by atoms with E-state index in [1.54, 1.807) is 0 Å². The van der Waals surface area contributed by atoms with Gasteiger partial charge in [0.25, 0.3) is 0 Å². The van der Waals surface area contributed by atoms with Crippen LogP contribution in [0.5, 0.6) is 0 Å². The summed E-state index contributed by atoms with van der Waals surface area (Å²) < 4.78 is 4.79. The van der Waals surface area contributed by atoms with Crippen LogP contribution in [0.25, 0.3) is 0 Å². The van der Waals surface area contributed by atoms with E-state index in [0.29, 0.717) is 5.82 Å². The monoisotopic (exact) mass is 222 g/mol. The molecule has 0 radical (unpaired) electrons. The van der Waals surface area contributed by atoms with Crippen molar-refractivity contribution in [3.05, 3.63) is 23.3 Å². The fraction of sp³-hybridized carbons (Fsp3) is 0.583. The Balaban J connectivity index is 3.15. The van der Waals surface area contributed by atoms with Crippen LogP contribution >= 0.6 is 0 Å². The molecule has 0 amide bonds. The minimum absolute atomic E-state index is 0.119. The second kappa shape index (κ2) is 5.05. The first kappa shape index (κ1) is 12.6. The number of carbonyl (C=O) groups is 1. The summed E-state index contributed by atoms with van der Waals surface area (Å²) in [7, 11) is 1.39. The summed E-state index contributed by atoms with van der Waals surface area (Å²) in [6.07, 6.45) is 0. The summed E-state index contributed by atoms with van der Waals surface area (Å²) in [5.41, 5.74) is 1.74. The standard InChI is InChI=1S/C12H18N2O2/c1-7(2)10(12(15)16-5)11-13-8(3)6-9(4)14-11/h6-7,10H,1-5H3.